The zero-order valence-electron chi connectivity index (χ0n) is 9.93. The fourth-order valence-electron chi connectivity index (χ4n) is 3.11. The molecule has 1 N–H and O–H groups in total. The van der Waals surface area contributed by atoms with Crippen LogP contribution in [-0.2, 0) is 6.54 Å². The van der Waals surface area contributed by atoms with Crippen molar-refractivity contribution in [3.8, 4) is 0 Å². The van der Waals surface area contributed by atoms with Crippen LogP contribution in [0.25, 0.3) is 0 Å². The molecule has 2 bridgehead atoms. The van der Waals surface area contributed by atoms with Gasteiger partial charge in [-0.1, -0.05) is 5.10 Å². The van der Waals surface area contributed by atoms with E-state index >= 15 is 0 Å². The summed E-state index contributed by atoms with van der Waals surface area (Å²) in [7, 11) is 0. The fraction of sp³-hybridized carbons (Fsp3) is 0.833. The molecule has 1 aliphatic heterocycles. The number of hydrogen-bond donors (Lipinski definition) is 1. The number of fused-ring (bicyclic) bond motifs is 2. The second kappa shape index (κ2) is 3.70. The summed E-state index contributed by atoms with van der Waals surface area (Å²) in [5.41, 5.74) is 0. The van der Waals surface area contributed by atoms with E-state index in [0.29, 0.717) is 12.1 Å². The van der Waals surface area contributed by atoms with Gasteiger partial charge in [0.05, 0.1) is 6.54 Å². The molecular formula is C12H18N4O. The van der Waals surface area contributed by atoms with E-state index < -0.39 is 0 Å². The van der Waals surface area contributed by atoms with E-state index in [2.05, 4.69) is 20.4 Å². The molecule has 0 aromatic carbocycles. The highest BCUT2D eigenvalue weighted by Crippen LogP contribution is 2.39. The second-order valence-electron chi connectivity index (χ2n) is 5.62. The Morgan fingerprint density at radius 3 is 2.88 bits per heavy atom. The van der Waals surface area contributed by atoms with Gasteiger partial charge in [0.25, 0.3) is 0 Å². The number of rotatable bonds is 4. The maximum atomic E-state index is 5.74. The van der Waals surface area contributed by atoms with E-state index in [-0.39, 0.29) is 0 Å². The molecule has 3 fully saturated rings. The Labute approximate surface area is 101 Å². The molecule has 0 spiro atoms. The van der Waals surface area contributed by atoms with Crippen LogP contribution < -0.4 is 10.2 Å². The van der Waals surface area contributed by atoms with Crippen LogP contribution in [0.5, 0.6) is 0 Å². The molecule has 5 nitrogen and oxygen atoms in total. The molecule has 0 amide bonds. The summed E-state index contributed by atoms with van der Waals surface area (Å²) in [6.07, 6.45) is 6.57. The lowest BCUT2D eigenvalue weighted by Crippen LogP contribution is -2.32. The van der Waals surface area contributed by atoms with Gasteiger partial charge in [-0.3, -0.25) is 0 Å². The molecule has 17 heavy (non-hydrogen) atoms. The topological polar surface area (TPSA) is 54.2 Å². The highest BCUT2D eigenvalue weighted by atomic mass is 16.4. The van der Waals surface area contributed by atoms with Gasteiger partial charge in [-0.05, 0) is 38.0 Å². The summed E-state index contributed by atoms with van der Waals surface area (Å²) in [5.74, 6) is 1.59. The van der Waals surface area contributed by atoms with Crippen molar-refractivity contribution in [2.75, 3.05) is 11.4 Å². The zero-order chi connectivity index (χ0) is 11.2. The van der Waals surface area contributed by atoms with Gasteiger partial charge in [0.2, 0.25) is 5.89 Å². The van der Waals surface area contributed by atoms with Gasteiger partial charge < -0.3 is 14.6 Å². The van der Waals surface area contributed by atoms with Crippen molar-refractivity contribution in [2.24, 2.45) is 5.92 Å². The van der Waals surface area contributed by atoms with Crippen LogP contribution >= 0.6 is 0 Å². The SMILES string of the molecule is C(NC1CC1)c1nnc(N2CC3CCC2C3)o1. The summed E-state index contributed by atoms with van der Waals surface area (Å²) >= 11 is 0. The van der Waals surface area contributed by atoms with Gasteiger partial charge in [0, 0.05) is 18.6 Å². The van der Waals surface area contributed by atoms with Crippen LogP contribution in [0.1, 0.15) is 38.0 Å². The third kappa shape index (κ3) is 1.82. The molecule has 5 heteroatoms. The number of aromatic nitrogens is 2. The predicted molar refractivity (Wildman–Crippen MR) is 62.6 cm³/mol. The van der Waals surface area contributed by atoms with E-state index in [4.69, 9.17) is 4.42 Å². The summed E-state index contributed by atoms with van der Waals surface area (Å²) in [6, 6.07) is 2.09. The Balaban J connectivity index is 1.43. The maximum Gasteiger partial charge on any atom is 0.318 e. The van der Waals surface area contributed by atoms with Gasteiger partial charge in [-0.25, -0.2) is 0 Å². The van der Waals surface area contributed by atoms with Crippen molar-refractivity contribution in [3.63, 3.8) is 0 Å². The maximum absolute atomic E-state index is 5.74. The molecule has 1 saturated heterocycles. The Bertz CT molecular complexity index is 414. The molecular weight excluding hydrogens is 216 g/mol. The van der Waals surface area contributed by atoms with Crippen molar-refractivity contribution < 1.29 is 4.42 Å². The van der Waals surface area contributed by atoms with E-state index in [9.17, 15) is 0 Å². The smallest absolute Gasteiger partial charge is 0.318 e. The summed E-state index contributed by atoms with van der Waals surface area (Å²) < 4.78 is 5.74. The van der Waals surface area contributed by atoms with Crippen LogP contribution in [0.15, 0.2) is 4.42 Å². The molecule has 0 radical (unpaired) electrons. The Kier molecular flexibility index (Phi) is 2.15. The van der Waals surface area contributed by atoms with Crippen LogP contribution in [0, 0.1) is 5.92 Å². The van der Waals surface area contributed by atoms with Gasteiger partial charge in [-0.2, -0.15) is 0 Å². The highest BCUT2D eigenvalue weighted by Gasteiger charge is 2.40. The minimum atomic E-state index is 0.657. The molecule has 3 aliphatic rings. The van der Waals surface area contributed by atoms with Gasteiger partial charge in [0.1, 0.15) is 0 Å². The molecule has 2 saturated carbocycles. The normalized spacial score (nSPS) is 31.4. The standard InChI is InChI=1S/C12H18N4O/c1-4-10-5-8(1)7-16(10)12-15-14-11(17-12)6-13-9-2-3-9/h8-10,13H,1-7H2. The predicted octanol–water partition coefficient (Wildman–Crippen LogP) is 1.31. The Morgan fingerprint density at radius 2 is 2.18 bits per heavy atom. The molecule has 2 atom stereocenters. The molecule has 2 heterocycles. The van der Waals surface area contributed by atoms with Gasteiger partial charge in [-0.15, -0.1) is 5.10 Å². The first kappa shape index (κ1) is 9.88. The Hall–Kier alpha value is -1.10. The van der Waals surface area contributed by atoms with E-state index in [1.54, 1.807) is 0 Å². The monoisotopic (exact) mass is 234 g/mol. The molecule has 2 unspecified atom stereocenters. The molecule has 92 valence electrons. The van der Waals surface area contributed by atoms with E-state index in [1.165, 1.54) is 32.1 Å². The molecule has 1 aromatic heterocycles. The quantitative estimate of drug-likeness (QED) is 0.851. The van der Waals surface area contributed by atoms with Crippen molar-refractivity contribution >= 4 is 6.01 Å². The third-order valence-electron chi connectivity index (χ3n) is 4.23. The number of nitrogens with one attached hydrogen (secondary N) is 1. The van der Waals surface area contributed by atoms with Gasteiger partial charge >= 0.3 is 6.01 Å². The van der Waals surface area contributed by atoms with Crippen molar-refractivity contribution in [1.82, 2.24) is 15.5 Å². The third-order valence-corrected chi connectivity index (χ3v) is 4.23. The van der Waals surface area contributed by atoms with E-state index in [1.807, 2.05) is 0 Å². The van der Waals surface area contributed by atoms with Crippen molar-refractivity contribution in [1.29, 1.82) is 0 Å². The first-order valence-corrected chi connectivity index (χ1v) is 6.71. The lowest BCUT2D eigenvalue weighted by atomic mass is 10.1. The van der Waals surface area contributed by atoms with Crippen molar-refractivity contribution in [2.45, 2.75) is 50.7 Å². The fourth-order valence-corrected chi connectivity index (χ4v) is 3.11. The lowest BCUT2D eigenvalue weighted by molar-refractivity contribution is 0.442. The van der Waals surface area contributed by atoms with Crippen LogP contribution in [0.3, 0.4) is 0 Å². The number of anilines is 1. The minimum absolute atomic E-state index is 0.657. The average Bonchev–Trinajstić information content (AvgIpc) is 2.82. The van der Waals surface area contributed by atoms with Crippen LogP contribution in [0.4, 0.5) is 6.01 Å². The zero-order valence-corrected chi connectivity index (χ0v) is 9.93. The number of hydrogen-bond acceptors (Lipinski definition) is 5. The number of nitrogens with zero attached hydrogens (tertiary/aromatic N) is 3. The molecule has 1 aromatic rings. The Morgan fingerprint density at radius 1 is 1.24 bits per heavy atom. The molecule has 2 aliphatic carbocycles. The summed E-state index contributed by atoms with van der Waals surface area (Å²) in [5, 5.41) is 11.7. The van der Waals surface area contributed by atoms with Crippen LogP contribution in [0.2, 0.25) is 0 Å². The van der Waals surface area contributed by atoms with Crippen molar-refractivity contribution in [3.05, 3.63) is 5.89 Å². The largest absolute Gasteiger partial charge is 0.407 e. The molecule has 4 rings (SSSR count). The van der Waals surface area contributed by atoms with Gasteiger partial charge in [0.15, 0.2) is 0 Å². The first-order valence-electron chi connectivity index (χ1n) is 6.71. The summed E-state index contributed by atoms with van der Waals surface area (Å²) in [4.78, 5) is 2.31. The average molecular weight is 234 g/mol. The summed E-state index contributed by atoms with van der Waals surface area (Å²) in [6.45, 7) is 1.84. The lowest BCUT2D eigenvalue weighted by Gasteiger charge is -2.24. The highest BCUT2D eigenvalue weighted by molar-refractivity contribution is 5.31. The van der Waals surface area contributed by atoms with Crippen LogP contribution in [-0.4, -0.2) is 28.8 Å². The first-order chi connectivity index (χ1) is 8.38. The second-order valence-corrected chi connectivity index (χ2v) is 5.62. The number of piperidine rings is 1. The minimum Gasteiger partial charge on any atom is -0.407 e. The van der Waals surface area contributed by atoms with E-state index in [0.717, 1.165) is 30.9 Å².